The van der Waals surface area contributed by atoms with E-state index in [-0.39, 0.29) is 11.1 Å². The van der Waals surface area contributed by atoms with Crippen LogP contribution < -0.4 is 5.32 Å². The van der Waals surface area contributed by atoms with E-state index >= 15 is 0 Å². The summed E-state index contributed by atoms with van der Waals surface area (Å²) in [7, 11) is 0. The van der Waals surface area contributed by atoms with E-state index in [4.69, 9.17) is 10.4 Å². The summed E-state index contributed by atoms with van der Waals surface area (Å²) in [6, 6.07) is 8.46. The predicted octanol–water partition coefficient (Wildman–Crippen LogP) is 1.92. The van der Waals surface area contributed by atoms with Gasteiger partial charge < -0.3 is 10.4 Å². The number of anilines is 1. The monoisotopic (exact) mass is 244 g/mol. The van der Waals surface area contributed by atoms with Crippen molar-refractivity contribution in [2.24, 2.45) is 0 Å². The van der Waals surface area contributed by atoms with Crippen LogP contribution in [0, 0.1) is 11.3 Å². The molecular formula is C13H12N2O3. The van der Waals surface area contributed by atoms with E-state index < -0.39 is 11.9 Å². The smallest absolute Gasteiger partial charge is 0.331 e. The highest BCUT2D eigenvalue weighted by Crippen LogP contribution is 2.15. The first-order chi connectivity index (χ1) is 8.47. The fraction of sp³-hybridized carbons (Fsp3) is 0.154. The average Bonchev–Trinajstić information content (AvgIpc) is 2.37. The number of nitrogens with one attached hydrogen (secondary N) is 1. The summed E-state index contributed by atoms with van der Waals surface area (Å²) in [6.45, 7) is 2.78. The maximum atomic E-state index is 11.8. The lowest BCUT2D eigenvalue weighted by molar-refractivity contribution is -0.133. The van der Waals surface area contributed by atoms with Crippen molar-refractivity contribution in [1.82, 2.24) is 0 Å². The van der Waals surface area contributed by atoms with Crippen molar-refractivity contribution in [2.75, 3.05) is 5.32 Å². The van der Waals surface area contributed by atoms with Gasteiger partial charge in [-0.05, 0) is 26.0 Å². The summed E-state index contributed by atoms with van der Waals surface area (Å²) in [5, 5.41) is 20.2. The molecule has 0 radical (unpaired) electrons. The van der Waals surface area contributed by atoms with E-state index in [2.05, 4.69) is 5.32 Å². The fourth-order valence-corrected chi connectivity index (χ4v) is 1.24. The van der Waals surface area contributed by atoms with Crippen LogP contribution in [0.2, 0.25) is 0 Å². The number of carboxylic acid groups (broad SMARTS) is 1. The summed E-state index contributed by atoms with van der Waals surface area (Å²) in [5.41, 5.74) is 0.770. The Morgan fingerprint density at radius 1 is 1.22 bits per heavy atom. The molecule has 0 heterocycles. The Labute approximate surface area is 104 Å². The van der Waals surface area contributed by atoms with Crippen LogP contribution in [0.3, 0.4) is 0 Å². The Balaban J connectivity index is 3.00. The van der Waals surface area contributed by atoms with Gasteiger partial charge in [0, 0.05) is 11.1 Å². The van der Waals surface area contributed by atoms with Gasteiger partial charge in [0.1, 0.15) is 6.07 Å². The third kappa shape index (κ3) is 2.95. The third-order valence-electron chi connectivity index (χ3n) is 2.52. The van der Waals surface area contributed by atoms with E-state index in [1.165, 1.54) is 13.8 Å². The summed E-state index contributed by atoms with van der Waals surface area (Å²) in [4.78, 5) is 22.5. The van der Waals surface area contributed by atoms with Gasteiger partial charge in [-0.2, -0.15) is 5.26 Å². The van der Waals surface area contributed by atoms with Crippen LogP contribution in [0.1, 0.15) is 19.4 Å². The van der Waals surface area contributed by atoms with Gasteiger partial charge in [0.25, 0.3) is 5.91 Å². The molecule has 1 aromatic carbocycles. The molecule has 92 valence electrons. The molecule has 0 aliphatic heterocycles. The number of para-hydroxylation sites is 1. The number of nitrogens with zero attached hydrogens (tertiary/aromatic N) is 1. The van der Waals surface area contributed by atoms with Crippen LogP contribution in [-0.2, 0) is 9.59 Å². The molecule has 1 amide bonds. The van der Waals surface area contributed by atoms with Crippen molar-refractivity contribution in [3.63, 3.8) is 0 Å². The van der Waals surface area contributed by atoms with E-state index in [9.17, 15) is 9.59 Å². The number of hydrogen-bond donors (Lipinski definition) is 2. The van der Waals surface area contributed by atoms with Gasteiger partial charge in [0.05, 0.1) is 11.3 Å². The molecule has 1 rings (SSSR count). The number of carbonyl (C=O) groups is 2. The first-order valence-corrected chi connectivity index (χ1v) is 5.18. The van der Waals surface area contributed by atoms with Gasteiger partial charge in [0.2, 0.25) is 0 Å². The highest BCUT2D eigenvalue weighted by atomic mass is 16.4. The highest BCUT2D eigenvalue weighted by Gasteiger charge is 2.13. The number of aliphatic carboxylic acids is 1. The van der Waals surface area contributed by atoms with Gasteiger partial charge in [0.15, 0.2) is 0 Å². The number of carbonyl (C=O) groups excluding carboxylic acids is 1. The lowest BCUT2D eigenvalue weighted by atomic mass is 10.1. The van der Waals surface area contributed by atoms with Crippen molar-refractivity contribution in [2.45, 2.75) is 13.8 Å². The Bertz CT molecular complexity index is 568. The molecule has 0 aromatic heterocycles. The average molecular weight is 244 g/mol. The summed E-state index contributed by atoms with van der Waals surface area (Å²) in [5.74, 6) is -1.67. The number of rotatable bonds is 3. The van der Waals surface area contributed by atoms with Crippen LogP contribution in [0.4, 0.5) is 5.69 Å². The molecule has 0 fully saturated rings. The zero-order valence-corrected chi connectivity index (χ0v) is 10.0. The molecule has 5 nitrogen and oxygen atoms in total. The van der Waals surface area contributed by atoms with Crippen molar-refractivity contribution in [3.8, 4) is 6.07 Å². The van der Waals surface area contributed by atoms with Crippen LogP contribution in [0.15, 0.2) is 35.4 Å². The van der Waals surface area contributed by atoms with Crippen molar-refractivity contribution >= 4 is 17.6 Å². The molecule has 5 heteroatoms. The Morgan fingerprint density at radius 2 is 1.83 bits per heavy atom. The standard InChI is InChI=1S/C13H12N2O3/c1-8(9(2)13(17)18)12(16)15-11-6-4-3-5-10(11)7-14/h3-6H,1-2H3,(H,15,16)(H,17,18). The maximum Gasteiger partial charge on any atom is 0.331 e. The van der Waals surface area contributed by atoms with Gasteiger partial charge in [-0.15, -0.1) is 0 Å². The quantitative estimate of drug-likeness (QED) is 0.795. The molecule has 0 atom stereocenters. The summed E-state index contributed by atoms with van der Waals surface area (Å²) < 4.78 is 0. The molecule has 0 unspecified atom stereocenters. The van der Waals surface area contributed by atoms with E-state index in [0.717, 1.165) is 0 Å². The number of hydrogen-bond acceptors (Lipinski definition) is 3. The maximum absolute atomic E-state index is 11.8. The molecule has 2 N–H and O–H groups in total. The minimum Gasteiger partial charge on any atom is -0.478 e. The molecule has 1 aromatic rings. The summed E-state index contributed by atoms with van der Waals surface area (Å²) >= 11 is 0. The number of benzene rings is 1. The normalized spacial score (nSPS) is 11.2. The minimum atomic E-state index is -1.14. The number of nitriles is 1. The lowest BCUT2D eigenvalue weighted by Gasteiger charge is -2.08. The van der Waals surface area contributed by atoms with E-state index in [1.807, 2.05) is 6.07 Å². The molecular weight excluding hydrogens is 232 g/mol. The predicted molar refractivity (Wildman–Crippen MR) is 65.8 cm³/mol. The molecule has 0 aliphatic rings. The zero-order valence-electron chi connectivity index (χ0n) is 10.0. The van der Waals surface area contributed by atoms with Gasteiger partial charge in [-0.25, -0.2) is 4.79 Å². The second-order valence-electron chi connectivity index (χ2n) is 3.67. The molecule has 0 aliphatic carbocycles. The molecule has 0 bridgehead atoms. The molecule has 18 heavy (non-hydrogen) atoms. The van der Waals surface area contributed by atoms with Crippen molar-refractivity contribution < 1.29 is 14.7 Å². The van der Waals surface area contributed by atoms with E-state index in [1.54, 1.807) is 24.3 Å². The highest BCUT2D eigenvalue weighted by molar-refractivity contribution is 6.08. The first kappa shape index (κ1) is 13.5. The Morgan fingerprint density at radius 3 is 2.39 bits per heavy atom. The molecule has 0 spiro atoms. The third-order valence-corrected chi connectivity index (χ3v) is 2.52. The van der Waals surface area contributed by atoms with Crippen molar-refractivity contribution in [3.05, 3.63) is 41.0 Å². The number of carboxylic acids is 1. The minimum absolute atomic E-state index is 0.0260. The summed E-state index contributed by atoms with van der Waals surface area (Å²) in [6.07, 6.45) is 0. The lowest BCUT2D eigenvalue weighted by Crippen LogP contribution is -2.16. The van der Waals surface area contributed by atoms with Crippen LogP contribution in [0.5, 0.6) is 0 Å². The topological polar surface area (TPSA) is 90.2 Å². The SMILES string of the molecule is CC(C(=O)O)=C(C)C(=O)Nc1ccccc1C#N. The Hall–Kier alpha value is -2.61. The molecule has 0 saturated carbocycles. The largest absolute Gasteiger partial charge is 0.478 e. The molecule has 0 saturated heterocycles. The van der Waals surface area contributed by atoms with Crippen LogP contribution >= 0.6 is 0 Å². The van der Waals surface area contributed by atoms with E-state index in [0.29, 0.717) is 11.3 Å². The van der Waals surface area contributed by atoms with Crippen LogP contribution in [-0.4, -0.2) is 17.0 Å². The fourth-order valence-electron chi connectivity index (χ4n) is 1.24. The zero-order chi connectivity index (χ0) is 13.7. The first-order valence-electron chi connectivity index (χ1n) is 5.18. The number of amides is 1. The second-order valence-corrected chi connectivity index (χ2v) is 3.67. The van der Waals surface area contributed by atoms with Gasteiger partial charge in [-0.3, -0.25) is 4.79 Å². The van der Waals surface area contributed by atoms with Crippen molar-refractivity contribution in [1.29, 1.82) is 5.26 Å². The van der Waals surface area contributed by atoms with Gasteiger partial charge >= 0.3 is 5.97 Å². The Kier molecular flexibility index (Phi) is 4.22. The van der Waals surface area contributed by atoms with Crippen LogP contribution in [0.25, 0.3) is 0 Å². The van der Waals surface area contributed by atoms with Gasteiger partial charge in [-0.1, -0.05) is 12.1 Å². The second kappa shape index (κ2) is 5.64.